The summed E-state index contributed by atoms with van der Waals surface area (Å²) in [6, 6.07) is 4.33. The fourth-order valence-electron chi connectivity index (χ4n) is 7.97. The van der Waals surface area contributed by atoms with Crippen molar-refractivity contribution < 1.29 is 5.11 Å². The van der Waals surface area contributed by atoms with Crippen molar-refractivity contribution in [3.63, 3.8) is 0 Å². The van der Waals surface area contributed by atoms with Crippen LogP contribution in [0.2, 0.25) is 0 Å². The van der Waals surface area contributed by atoms with Crippen LogP contribution in [0.15, 0.2) is 30.6 Å². The minimum Gasteiger partial charge on any atom is -0.390 e. The van der Waals surface area contributed by atoms with Gasteiger partial charge in [0.05, 0.1) is 5.60 Å². The molecule has 1 heterocycles. The quantitative estimate of drug-likeness (QED) is 0.675. The predicted molar refractivity (Wildman–Crippen MR) is 110 cm³/mol. The van der Waals surface area contributed by atoms with Gasteiger partial charge in [-0.1, -0.05) is 26.0 Å². The molecule has 3 fully saturated rings. The van der Waals surface area contributed by atoms with Crippen molar-refractivity contribution in [2.24, 2.45) is 34.5 Å². The van der Waals surface area contributed by atoms with Gasteiger partial charge in [-0.2, -0.15) is 0 Å². The summed E-state index contributed by atoms with van der Waals surface area (Å²) in [5, 5.41) is 10.7. The summed E-state index contributed by atoms with van der Waals surface area (Å²) in [4.78, 5) is 4.39. The lowest BCUT2D eigenvalue weighted by Crippen LogP contribution is -2.55. The standard InChI is InChI=1S/C25H35NO/c1-23(27)12-13-24(2)18(15-23)6-7-19-21-9-8-20(17-5-4-14-26-16-17)25(21,3)11-10-22(19)24/h4-5,8,14,16,18-19,21-22,27H,6-7,9-13,15H2,1-3H3/t18?,19-,21?,22?,23-,24-,25+/m0/s1. The molecule has 1 aromatic heterocycles. The lowest BCUT2D eigenvalue weighted by atomic mass is 9.44. The molecule has 5 rings (SSSR count). The number of pyridine rings is 1. The molecule has 3 unspecified atom stereocenters. The van der Waals surface area contributed by atoms with Gasteiger partial charge in [-0.05, 0) is 110 Å². The van der Waals surface area contributed by atoms with E-state index in [0.717, 1.165) is 36.5 Å². The van der Waals surface area contributed by atoms with Crippen molar-refractivity contribution in [1.82, 2.24) is 4.98 Å². The second-order valence-electron chi connectivity index (χ2n) is 10.9. The van der Waals surface area contributed by atoms with Crippen LogP contribution < -0.4 is 0 Å². The SMILES string of the molecule is C[C@]1(O)CC[C@@]2(C)C(CC[C@@H]3C2CC[C@]2(C)C(c4cccnc4)=CCC32)C1. The molecule has 0 spiro atoms. The second-order valence-corrected chi connectivity index (χ2v) is 10.9. The lowest BCUT2D eigenvalue weighted by molar-refractivity contribution is -0.138. The molecule has 0 amide bonds. The molecule has 146 valence electrons. The van der Waals surface area contributed by atoms with E-state index < -0.39 is 5.60 Å². The molecule has 3 saturated carbocycles. The number of fused-ring (bicyclic) bond motifs is 5. The zero-order chi connectivity index (χ0) is 18.9. The van der Waals surface area contributed by atoms with E-state index in [1.54, 1.807) is 5.57 Å². The first kappa shape index (κ1) is 17.9. The number of hydrogen-bond acceptors (Lipinski definition) is 2. The number of aliphatic hydroxyl groups is 1. The summed E-state index contributed by atoms with van der Waals surface area (Å²) in [6.45, 7) is 7.19. The molecule has 0 aliphatic heterocycles. The Kier molecular flexibility index (Phi) is 3.93. The van der Waals surface area contributed by atoms with Gasteiger partial charge in [0.15, 0.2) is 0 Å². The van der Waals surface area contributed by atoms with E-state index in [2.05, 4.69) is 50.2 Å². The summed E-state index contributed by atoms with van der Waals surface area (Å²) < 4.78 is 0. The van der Waals surface area contributed by atoms with Crippen molar-refractivity contribution in [3.05, 3.63) is 36.2 Å². The highest BCUT2D eigenvalue weighted by molar-refractivity contribution is 5.72. The zero-order valence-electron chi connectivity index (χ0n) is 17.2. The number of aromatic nitrogens is 1. The van der Waals surface area contributed by atoms with Gasteiger partial charge in [0.1, 0.15) is 0 Å². The van der Waals surface area contributed by atoms with Crippen LogP contribution in [0.5, 0.6) is 0 Å². The molecule has 0 bridgehead atoms. The fourth-order valence-corrected chi connectivity index (χ4v) is 7.97. The predicted octanol–water partition coefficient (Wildman–Crippen LogP) is 5.87. The third-order valence-corrected chi connectivity index (χ3v) is 9.51. The maximum Gasteiger partial charge on any atom is 0.0622 e. The Morgan fingerprint density at radius 1 is 1.04 bits per heavy atom. The number of allylic oxidation sites excluding steroid dienone is 2. The number of rotatable bonds is 1. The lowest BCUT2D eigenvalue weighted by Gasteiger charge is -2.61. The first-order valence-electron chi connectivity index (χ1n) is 11.2. The van der Waals surface area contributed by atoms with Crippen LogP contribution in [-0.2, 0) is 0 Å². The fraction of sp³-hybridized carbons (Fsp3) is 0.720. The molecule has 0 saturated heterocycles. The molecular weight excluding hydrogens is 330 g/mol. The Balaban J connectivity index is 1.43. The van der Waals surface area contributed by atoms with Crippen molar-refractivity contribution in [2.45, 2.75) is 77.7 Å². The van der Waals surface area contributed by atoms with Crippen molar-refractivity contribution in [3.8, 4) is 0 Å². The van der Waals surface area contributed by atoms with Crippen LogP contribution in [0.3, 0.4) is 0 Å². The van der Waals surface area contributed by atoms with Crippen LogP contribution in [0.1, 0.15) is 77.7 Å². The monoisotopic (exact) mass is 365 g/mol. The van der Waals surface area contributed by atoms with Crippen molar-refractivity contribution in [1.29, 1.82) is 0 Å². The van der Waals surface area contributed by atoms with Crippen LogP contribution in [-0.4, -0.2) is 15.7 Å². The Bertz CT molecular complexity index is 753. The van der Waals surface area contributed by atoms with Gasteiger partial charge in [0.25, 0.3) is 0 Å². The Morgan fingerprint density at radius 3 is 2.67 bits per heavy atom. The van der Waals surface area contributed by atoms with Gasteiger partial charge in [0, 0.05) is 12.4 Å². The van der Waals surface area contributed by atoms with E-state index in [4.69, 9.17) is 0 Å². The van der Waals surface area contributed by atoms with E-state index in [-0.39, 0.29) is 0 Å². The molecule has 0 aromatic carbocycles. The smallest absolute Gasteiger partial charge is 0.0622 e. The second kappa shape index (κ2) is 5.92. The summed E-state index contributed by atoms with van der Waals surface area (Å²) in [6.07, 6.45) is 16.4. The van der Waals surface area contributed by atoms with E-state index in [1.807, 2.05) is 6.20 Å². The number of hydrogen-bond donors (Lipinski definition) is 1. The number of nitrogens with zero attached hydrogens (tertiary/aromatic N) is 1. The highest BCUT2D eigenvalue weighted by Crippen LogP contribution is 2.67. The van der Waals surface area contributed by atoms with Gasteiger partial charge in [-0.15, -0.1) is 0 Å². The van der Waals surface area contributed by atoms with E-state index in [0.29, 0.717) is 10.8 Å². The average Bonchev–Trinajstić information content (AvgIpc) is 3.00. The van der Waals surface area contributed by atoms with Crippen molar-refractivity contribution in [2.75, 3.05) is 0 Å². The van der Waals surface area contributed by atoms with E-state index >= 15 is 0 Å². The molecule has 0 radical (unpaired) electrons. The third kappa shape index (κ3) is 2.58. The van der Waals surface area contributed by atoms with Crippen LogP contribution in [0.25, 0.3) is 5.57 Å². The van der Waals surface area contributed by atoms with Crippen LogP contribution >= 0.6 is 0 Å². The Hall–Kier alpha value is -1.15. The van der Waals surface area contributed by atoms with Crippen molar-refractivity contribution >= 4 is 5.57 Å². The summed E-state index contributed by atoms with van der Waals surface area (Å²) >= 11 is 0. The minimum atomic E-state index is -0.428. The molecule has 2 nitrogen and oxygen atoms in total. The summed E-state index contributed by atoms with van der Waals surface area (Å²) in [5.41, 5.74) is 3.26. The Labute approximate surface area is 164 Å². The summed E-state index contributed by atoms with van der Waals surface area (Å²) in [5.74, 6) is 3.23. The molecule has 1 aromatic rings. The normalized spacial score (nSPS) is 49.0. The molecule has 4 aliphatic rings. The molecular formula is C25H35NO. The van der Waals surface area contributed by atoms with Gasteiger partial charge < -0.3 is 5.11 Å². The first-order chi connectivity index (χ1) is 12.8. The molecule has 1 N–H and O–H groups in total. The largest absolute Gasteiger partial charge is 0.390 e. The van der Waals surface area contributed by atoms with Gasteiger partial charge in [0.2, 0.25) is 0 Å². The van der Waals surface area contributed by atoms with Crippen LogP contribution in [0, 0.1) is 34.5 Å². The minimum absolute atomic E-state index is 0.327. The van der Waals surface area contributed by atoms with E-state index in [9.17, 15) is 5.11 Å². The molecule has 2 heteroatoms. The average molecular weight is 366 g/mol. The molecule has 7 atom stereocenters. The van der Waals surface area contributed by atoms with Crippen LogP contribution in [0.4, 0.5) is 0 Å². The first-order valence-corrected chi connectivity index (χ1v) is 11.2. The Morgan fingerprint density at radius 2 is 1.89 bits per heavy atom. The zero-order valence-corrected chi connectivity index (χ0v) is 17.2. The van der Waals surface area contributed by atoms with E-state index in [1.165, 1.54) is 44.1 Å². The topological polar surface area (TPSA) is 33.1 Å². The highest BCUT2D eigenvalue weighted by atomic mass is 16.3. The summed E-state index contributed by atoms with van der Waals surface area (Å²) in [7, 11) is 0. The molecule has 4 aliphatic carbocycles. The third-order valence-electron chi connectivity index (χ3n) is 9.51. The van der Waals surface area contributed by atoms with Gasteiger partial charge in [-0.25, -0.2) is 0 Å². The maximum absolute atomic E-state index is 10.7. The highest BCUT2D eigenvalue weighted by Gasteiger charge is 2.59. The maximum atomic E-state index is 10.7. The van der Waals surface area contributed by atoms with Gasteiger partial charge in [-0.3, -0.25) is 4.98 Å². The molecule has 27 heavy (non-hydrogen) atoms. The van der Waals surface area contributed by atoms with Gasteiger partial charge >= 0.3 is 0 Å².